The molecule has 1 amide bonds. The zero-order valence-corrected chi connectivity index (χ0v) is 12.3. The van der Waals surface area contributed by atoms with Crippen LogP contribution >= 0.6 is 0 Å². The second kappa shape index (κ2) is 6.69. The van der Waals surface area contributed by atoms with Crippen LogP contribution in [0.3, 0.4) is 0 Å². The van der Waals surface area contributed by atoms with Crippen molar-refractivity contribution >= 4 is 12.0 Å². The number of nitrogens with zero attached hydrogens (tertiary/aromatic N) is 2. The smallest absolute Gasteiger partial charge is 0.244 e. The highest BCUT2D eigenvalue weighted by Gasteiger charge is 2.10. The van der Waals surface area contributed by atoms with Crippen molar-refractivity contribution in [2.75, 3.05) is 7.11 Å². The molecule has 1 unspecified atom stereocenters. The first-order chi connectivity index (χ1) is 10.1. The average Bonchev–Trinajstić information content (AvgIpc) is 2.99. The van der Waals surface area contributed by atoms with Crippen molar-refractivity contribution < 1.29 is 9.53 Å². The van der Waals surface area contributed by atoms with E-state index in [1.165, 1.54) is 12.4 Å². The molecule has 21 heavy (non-hydrogen) atoms. The molecular formula is C15H18N4O2. The molecule has 2 rings (SSSR count). The topological polar surface area (TPSA) is 79.9 Å². The SMILES string of the molecule is COc1ccc(C)cc1/C=C/C(=O)NC(C)c1ncn[nH]1. The zero-order valence-electron chi connectivity index (χ0n) is 12.3. The minimum Gasteiger partial charge on any atom is -0.496 e. The Morgan fingerprint density at radius 3 is 2.95 bits per heavy atom. The number of amides is 1. The van der Waals surface area contributed by atoms with Crippen LogP contribution in [0.15, 0.2) is 30.6 Å². The first-order valence-electron chi connectivity index (χ1n) is 6.58. The highest BCUT2D eigenvalue weighted by Crippen LogP contribution is 2.20. The van der Waals surface area contributed by atoms with Crippen LogP contribution in [-0.2, 0) is 4.79 Å². The van der Waals surface area contributed by atoms with Gasteiger partial charge in [0.05, 0.1) is 13.2 Å². The van der Waals surface area contributed by atoms with Gasteiger partial charge in [-0.25, -0.2) is 4.98 Å². The minimum atomic E-state index is -0.232. The number of aryl methyl sites for hydroxylation is 1. The molecule has 1 aromatic carbocycles. The predicted octanol–water partition coefficient (Wildman–Crippen LogP) is 2.01. The molecule has 0 fully saturated rings. The van der Waals surface area contributed by atoms with E-state index in [-0.39, 0.29) is 11.9 Å². The molecule has 0 spiro atoms. The summed E-state index contributed by atoms with van der Waals surface area (Å²) in [5.41, 5.74) is 1.96. The highest BCUT2D eigenvalue weighted by molar-refractivity contribution is 5.92. The van der Waals surface area contributed by atoms with E-state index in [0.29, 0.717) is 5.82 Å². The molecule has 6 nitrogen and oxygen atoms in total. The molecule has 6 heteroatoms. The lowest BCUT2D eigenvalue weighted by Crippen LogP contribution is -2.25. The first-order valence-corrected chi connectivity index (χ1v) is 6.58. The number of ether oxygens (including phenoxy) is 1. The van der Waals surface area contributed by atoms with E-state index in [0.717, 1.165) is 16.9 Å². The third kappa shape index (κ3) is 3.92. The van der Waals surface area contributed by atoms with Gasteiger partial charge >= 0.3 is 0 Å². The van der Waals surface area contributed by atoms with Crippen LogP contribution in [0.5, 0.6) is 5.75 Å². The van der Waals surface area contributed by atoms with Crippen LogP contribution in [0, 0.1) is 6.92 Å². The molecule has 0 aliphatic carbocycles. The molecule has 0 saturated heterocycles. The van der Waals surface area contributed by atoms with Crippen molar-refractivity contribution in [1.29, 1.82) is 0 Å². The lowest BCUT2D eigenvalue weighted by Gasteiger charge is -2.09. The maximum Gasteiger partial charge on any atom is 0.244 e. The summed E-state index contributed by atoms with van der Waals surface area (Å²) in [5, 5.41) is 9.28. The molecular weight excluding hydrogens is 268 g/mol. The normalized spacial score (nSPS) is 12.3. The number of nitrogens with one attached hydrogen (secondary N) is 2. The quantitative estimate of drug-likeness (QED) is 0.824. The zero-order chi connectivity index (χ0) is 15.2. The lowest BCUT2D eigenvalue weighted by molar-refractivity contribution is -0.117. The summed E-state index contributed by atoms with van der Waals surface area (Å²) >= 11 is 0. The first kappa shape index (κ1) is 14.8. The average molecular weight is 286 g/mol. The lowest BCUT2D eigenvalue weighted by atomic mass is 10.1. The van der Waals surface area contributed by atoms with Gasteiger partial charge in [0.2, 0.25) is 5.91 Å². The summed E-state index contributed by atoms with van der Waals surface area (Å²) in [6, 6.07) is 5.57. The van der Waals surface area contributed by atoms with Gasteiger partial charge in [-0.2, -0.15) is 5.10 Å². The van der Waals surface area contributed by atoms with Gasteiger partial charge in [-0.15, -0.1) is 0 Å². The van der Waals surface area contributed by atoms with Gasteiger partial charge in [-0.3, -0.25) is 9.89 Å². The molecule has 0 radical (unpaired) electrons. The molecule has 110 valence electrons. The molecule has 2 N–H and O–H groups in total. The summed E-state index contributed by atoms with van der Waals surface area (Å²) in [5.74, 6) is 1.14. The number of carbonyl (C=O) groups excluding carboxylic acids is 1. The number of hydrogen-bond acceptors (Lipinski definition) is 4. The van der Waals surface area contributed by atoms with E-state index >= 15 is 0 Å². The number of hydrogen-bond donors (Lipinski definition) is 2. The Balaban J connectivity index is 2.04. The minimum absolute atomic E-state index is 0.206. The van der Waals surface area contributed by atoms with Crippen molar-refractivity contribution in [2.45, 2.75) is 19.9 Å². The van der Waals surface area contributed by atoms with Crippen molar-refractivity contribution in [3.8, 4) is 5.75 Å². The Morgan fingerprint density at radius 2 is 2.29 bits per heavy atom. The maximum absolute atomic E-state index is 11.9. The molecule has 0 aliphatic rings. The number of carbonyl (C=O) groups is 1. The fourth-order valence-electron chi connectivity index (χ4n) is 1.90. The van der Waals surface area contributed by atoms with Crippen LogP contribution in [0.2, 0.25) is 0 Å². The Hall–Kier alpha value is -2.63. The number of rotatable bonds is 5. The molecule has 1 atom stereocenters. The Kier molecular flexibility index (Phi) is 4.71. The van der Waals surface area contributed by atoms with Gasteiger partial charge in [0.1, 0.15) is 17.9 Å². The van der Waals surface area contributed by atoms with Crippen LogP contribution in [0.1, 0.15) is 29.9 Å². The van der Waals surface area contributed by atoms with Gasteiger partial charge in [0.15, 0.2) is 0 Å². The van der Waals surface area contributed by atoms with Crippen molar-refractivity contribution in [3.05, 3.63) is 47.6 Å². The van der Waals surface area contributed by atoms with E-state index in [1.807, 2.05) is 32.0 Å². The molecule has 0 saturated carbocycles. The third-order valence-corrected chi connectivity index (χ3v) is 3.00. The number of benzene rings is 1. The number of aromatic amines is 1. The van der Waals surface area contributed by atoms with Crippen molar-refractivity contribution in [2.24, 2.45) is 0 Å². The van der Waals surface area contributed by atoms with Gasteiger partial charge in [-0.05, 0) is 32.1 Å². The van der Waals surface area contributed by atoms with Crippen LogP contribution in [0.25, 0.3) is 6.08 Å². The number of aromatic nitrogens is 3. The summed E-state index contributed by atoms with van der Waals surface area (Å²) in [6.07, 6.45) is 4.61. The van der Waals surface area contributed by atoms with E-state index < -0.39 is 0 Å². The van der Waals surface area contributed by atoms with Crippen LogP contribution in [-0.4, -0.2) is 28.2 Å². The standard InChI is InChI=1S/C15H18N4O2/c1-10-4-6-13(21-3)12(8-10)5-7-14(20)18-11(2)15-16-9-17-19-15/h4-9,11H,1-3H3,(H,18,20)(H,16,17,19)/b7-5+. The molecule has 1 aromatic heterocycles. The van der Waals surface area contributed by atoms with E-state index in [2.05, 4.69) is 20.5 Å². The molecule has 1 heterocycles. The van der Waals surface area contributed by atoms with Crippen molar-refractivity contribution in [1.82, 2.24) is 20.5 Å². The number of methoxy groups -OCH3 is 1. The van der Waals surface area contributed by atoms with Crippen LogP contribution < -0.4 is 10.1 Å². The second-order valence-electron chi connectivity index (χ2n) is 4.68. The Labute approximate surface area is 123 Å². The third-order valence-electron chi connectivity index (χ3n) is 3.00. The fraction of sp³-hybridized carbons (Fsp3) is 0.267. The van der Waals surface area contributed by atoms with Crippen molar-refractivity contribution in [3.63, 3.8) is 0 Å². The van der Waals surface area contributed by atoms with E-state index in [4.69, 9.17) is 4.74 Å². The van der Waals surface area contributed by atoms with E-state index in [9.17, 15) is 4.79 Å². The summed E-state index contributed by atoms with van der Waals surface area (Å²) < 4.78 is 5.27. The summed E-state index contributed by atoms with van der Waals surface area (Å²) in [4.78, 5) is 15.9. The molecule has 0 bridgehead atoms. The highest BCUT2D eigenvalue weighted by atomic mass is 16.5. The largest absolute Gasteiger partial charge is 0.496 e. The van der Waals surface area contributed by atoms with Gasteiger partial charge in [0, 0.05) is 11.6 Å². The van der Waals surface area contributed by atoms with Gasteiger partial charge in [-0.1, -0.05) is 11.6 Å². The Morgan fingerprint density at radius 1 is 1.48 bits per heavy atom. The summed E-state index contributed by atoms with van der Waals surface area (Å²) in [6.45, 7) is 3.82. The maximum atomic E-state index is 11.9. The molecule has 2 aromatic rings. The fourth-order valence-corrected chi connectivity index (χ4v) is 1.90. The van der Waals surface area contributed by atoms with Gasteiger partial charge < -0.3 is 10.1 Å². The summed E-state index contributed by atoms with van der Waals surface area (Å²) in [7, 11) is 1.61. The molecule has 0 aliphatic heterocycles. The van der Waals surface area contributed by atoms with Gasteiger partial charge in [0.25, 0.3) is 0 Å². The number of H-pyrrole nitrogens is 1. The monoisotopic (exact) mass is 286 g/mol. The van der Waals surface area contributed by atoms with E-state index in [1.54, 1.807) is 13.2 Å². The second-order valence-corrected chi connectivity index (χ2v) is 4.68. The van der Waals surface area contributed by atoms with Crippen LogP contribution in [0.4, 0.5) is 0 Å². The predicted molar refractivity (Wildman–Crippen MR) is 79.7 cm³/mol. The Bertz CT molecular complexity index is 635.